The Hall–Kier alpha value is -1.76. The van der Waals surface area contributed by atoms with Crippen molar-refractivity contribution in [3.8, 4) is 0 Å². The number of nitrogen functional groups attached to an aromatic ring is 1. The Kier molecular flexibility index (Phi) is 4.41. The molecule has 1 amide bonds. The third-order valence-corrected chi connectivity index (χ3v) is 3.77. The standard InChI is InChI=1S/C14H18F3N3O/c1-8(9-5-6-9)7-19-13(21)10-3-2-4-11(12(10)20-18)14(15,16)17/h2-4,8-9,20H,5-7,18H2,1H3,(H,19,21). The first kappa shape index (κ1) is 15.6. The zero-order valence-electron chi connectivity index (χ0n) is 11.6. The van der Waals surface area contributed by atoms with E-state index in [0.717, 1.165) is 18.9 Å². The first-order valence-electron chi connectivity index (χ1n) is 6.79. The van der Waals surface area contributed by atoms with Gasteiger partial charge in [-0.3, -0.25) is 10.6 Å². The summed E-state index contributed by atoms with van der Waals surface area (Å²) in [6.45, 7) is 2.47. The van der Waals surface area contributed by atoms with Crippen LogP contribution in [-0.4, -0.2) is 12.5 Å². The van der Waals surface area contributed by atoms with Gasteiger partial charge in [0.05, 0.1) is 16.8 Å². The molecule has 7 heteroatoms. The van der Waals surface area contributed by atoms with Crippen LogP contribution in [0.25, 0.3) is 0 Å². The van der Waals surface area contributed by atoms with Crippen LogP contribution in [0.1, 0.15) is 35.7 Å². The molecule has 4 N–H and O–H groups in total. The van der Waals surface area contributed by atoms with Gasteiger partial charge in [0.2, 0.25) is 0 Å². The number of hydrazine groups is 1. The van der Waals surface area contributed by atoms with Crippen LogP contribution in [0, 0.1) is 11.8 Å². The second-order valence-electron chi connectivity index (χ2n) is 5.39. The Morgan fingerprint density at radius 3 is 2.62 bits per heavy atom. The highest BCUT2D eigenvalue weighted by Crippen LogP contribution is 2.37. The highest BCUT2D eigenvalue weighted by molar-refractivity contribution is 6.00. The normalized spacial score (nSPS) is 16.4. The molecular weight excluding hydrogens is 283 g/mol. The molecule has 0 saturated heterocycles. The van der Waals surface area contributed by atoms with Gasteiger partial charge in [-0.25, -0.2) is 0 Å². The topological polar surface area (TPSA) is 67.2 Å². The number of amides is 1. The molecule has 1 atom stereocenters. The van der Waals surface area contributed by atoms with Gasteiger partial charge in [0.15, 0.2) is 0 Å². The molecule has 0 aliphatic heterocycles. The van der Waals surface area contributed by atoms with Crippen molar-refractivity contribution in [3.63, 3.8) is 0 Å². The minimum atomic E-state index is -4.57. The van der Waals surface area contributed by atoms with Gasteiger partial charge in [0, 0.05) is 6.54 Å². The molecule has 4 nitrogen and oxygen atoms in total. The molecule has 1 aliphatic carbocycles. The molecule has 1 unspecified atom stereocenters. The molecule has 1 aliphatic rings. The van der Waals surface area contributed by atoms with E-state index in [1.807, 2.05) is 12.3 Å². The summed E-state index contributed by atoms with van der Waals surface area (Å²) in [6.07, 6.45) is -2.27. The Balaban J connectivity index is 2.16. The van der Waals surface area contributed by atoms with Crippen LogP contribution < -0.4 is 16.6 Å². The number of para-hydroxylation sites is 1. The Bertz CT molecular complexity index is 527. The summed E-state index contributed by atoms with van der Waals surface area (Å²) in [4.78, 5) is 12.1. The van der Waals surface area contributed by atoms with Crippen LogP contribution in [0.3, 0.4) is 0 Å². The van der Waals surface area contributed by atoms with Crippen LogP contribution in [0.4, 0.5) is 18.9 Å². The van der Waals surface area contributed by atoms with Gasteiger partial charge in [-0.1, -0.05) is 13.0 Å². The van der Waals surface area contributed by atoms with Crippen molar-refractivity contribution in [1.82, 2.24) is 5.32 Å². The molecule has 1 fully saturated rings. The summed E-state index contributed by atoms with van der Waals surface area (Å²) in [5.41, 5.74) is 0.540. The Morgan fingerprint density at radius 2 is 2.10 bits per heavy atom. The summed E-state index contributed by atoms with van der Waals surface area (Å²) in [5.74, 6) is 5.55. The molecule has 1 saturated carbocycles. The second kappa shape index (κ2) is 5.93. The molecule has 2 rings (SSSR count). The lowest BCUT2D eigenvalue weighted by Crippen LogP contribution is -2.30. The zero-order valence-corrected chi connectivity index (χ0v) is 11.6. The molecule has 0 heterocycles. The van der Waals surface area contributed by atoms with Gasteiger partial charge < -0.3 is 10.7 Å². The first-order chi connectivity index (χ1) is 9.84. The molecule has 116 valence electrons. The monoisotopic (exact) mass is 301 g/mol. The van der Waals surface area contributed by atoms with Gasteiger partial charge in [0.1, 0.15) is 0 Å². The van der Waals surface area contributed by atoms with Crippen molar-refractivity contribution in [2.45, 2.75) is 25.9 Å². The van der Waals surface area contributed by atoms with Gasteiger partial charge in [-0.2, -0.15) is 13.2 Å². The number of nitrogens with one attached hydrogen (secondary N) is 2. The third-order valence-electron chi connectivity index (χ3n) is 3.77. The number of halogens is 3. The number of hydrogen-bond acceptors (Lipinski definition) is 3. The predicted molar refractivity (Wildman–Crippen MR) is 73.5 cm³/mol. The van der Waals surface area contributed by atoms with Crippen molar-refractivity contribution in [3.05, 3.63) is 29.3 Å². The largest absolute Gasteiger partial charge is 0.418 e. The van der Waals surface area contributed by atoms with E-state index in [1.165, 1.54) is 12.1 Å². The van der Waals surface area contributed by atoms with Crippen molar-refractivity contribution in [2.24, 2.45) is 17.7 Å². The second-order valence-corrected chi connectivity index (χ2v) is 5.39. The lowest BCUT2D eigenvalue weighted by atomic mass is 10.0. The summed E-state index contributed by atoms with van der Waals surface area (Å²) in [7, 11) is 0. The van der Waals surface area contributed by atoms with E-state index >= 15 is 0 Å². The van der Waals surface area contributed by atoms with Crippen LogP contribution >= 0.6 is 0 Å². The summed E-state index contributed by atoms with van der Waals surface area (Å²) >= 11 is 0. The maximum absolute atomic E-state index is 12.9. The van der Waals surface area contributed by atoms with Crippen molar-refractivity contribution < 1.29 is 18.0 Å². The van der Waals surface area contributed by atoms with Gasteiger partial charge in [-0.05, 0) is 36.8 Å². The molecule has 21 heavy (non-hydrogen) atoms. The average Bonchev–Trinajstić information content (AvgIpc) is 3.27. The van der Waals surface area contributed by atoms with E-state index in [-0.39, 0.29) is 5.56 Å². The molecule has 0 radical (unpaired) electrons. The minimum absolute atomic E-state index is 0.102. The van der Waals surface area contributed by atoms with Gasteiger partial charge >= 0.3 is 6.18 Å². The minimum Gasteiger partial charge on any atom is -0.352 e. The van der Waals surface area contributed by atoms with E-state index in [2.05, 4.69) is 5.32 Å². The molecule has 0 aromatic heterocycles. The van der Waals surface area contributed by atoms with E-state index in [9.17, 15) is 18.0 Å². The number of carbonyl (C=O) groups excluding carboxylic acids is 1. The maximum Gasteiger partial charge on any atom is 0.418 e. The fourth-order valence-electron chi connectivity index (χ4n) is 2.31. The van der Waals surface area contributed by atoms with E-state index < -0.39 is 23.3 Å². The number of carbonyl (C=O) groups is 1. The van der Waals surface area contributed by atoms with Crippen LogP contribution in [0.15, 0.2) is 18.2 Å². The zero-order chi connectivity index (χ0) is 15.6. The molecular formula is C14H18F3N3O. The fraction of sp³-hybridized carbons (Fsp3) is 0.500. The SMILES string of the molecule is CC(CNC(=O)c1cccc(C(F)(F)F)c1NN)C1CC1. The molecule has 0 spiro atoms. The smallest absolute Gasteiger partial charge is 0.352 e. The van der Waals surface area contributed by atoms with E-state index in [4.69, 9.17) is 5.84 Å². The highest BCUT2D eigenvalue weighted by Gasteiger charge is 2.35. The number of benzene rings is 1. The Labute approximate surface area is 120 Å². The maximum atomic E-state index is 12.9. The fourth-order valence-corrected chi connectivity index (χ4v) is 2.31. The number of nitrogens with two attached hydrogens (primary N) is 1. The lowest BCUT2D eigenvalue weighted by molar-refractivity contribution is -0.137. The highest BCUT2D eigenvalue weighted by atomic mass is 19.4. The lowest BCUT2D eigenvalue weighted by Gasteiger charge is -2.17. The van der Waals surface area contributed by atoms with Crippen LogP contribution in [-0.2, 0) is 6.18 Å². The number of alkyl halides is 3. The first-order valence-corrected chi connectivity index (χ1v) is 6.79. The number of hydrogen-bond donors (Lipinski definition) is 3. The molecule has 0 bridgehead atoms. The van der Waals surface area contributed by atoms with Crippen molar-refractivity contribution in [2.75, 3.05) is 12.0 Å². The quantitative estimate of drug-likeness (QED) is 0.578. The summed E-state index contributed by atoms with van der Waals surface area (Å²) < 4.78 is 38.6. The van der Waals surface area contributed by atoms with E-state index in [1.54, 1.807) is 0 Å². The van der Waals surface area contributed by atoms with Crippen molar-refractivity contribution >= 4 is 11.6 Å². The van der Waals surface area contributed by atoms with Crippen LogP contribution in [0.2, 0.25) is 0 Å². The Morgan fingerprint density at radius 1 is 1.43 bits per heavy atom. The predicted octanol–water partition coefficient (Wildman–Crippen LogP) is 2.77. The summed E-state index contributed by atoms with van der Waals surface area (Å²) in [5, 5.41) is 2.67. The summed E-state index contributed by atoms with van der Waals surface area (Å²) in [6, 6.07) is 3.41. The molecule has 1 aromatic carbocycles. The molecule has 1 aromatic rings. The van der Waals surface area contributed by atoms with Gasteiger partial charge in [-0.15, -0.1) is 0 Å². The van der Waals surface area contributed by atoms with Gasteiger partial charge in [0.25, 0.3) is 5.91 Å². The third kappa shape index (κ3) is 3.66. The van der Waals surface area contributed by atoms with Crippen LogP contribution in [0.5, 0.6) is 0 Å². The number of anilines is 1. The average molecular weight is 301 g/mol. The van der Waals surface area contributed by atoms with Crippen molar-refractivity contribution in [1.29, 1.82) is 0 Å². The van der Waals surface area contributed by atoms with E-state index in [0.29, 0.717) is 18.4 Å². The number of rotatable bonds is 5.